The lowest BCUT2D eigenvalue weighted by Gasteiger charge is -2.10. The second-order valence-electron chi connectivity index (χ2n) is 7.65. The van der Waals surface area contributed by atoms with Crippen LogP contribution in [0.15, 0.2) is 85.1 Å². The van der Waals surface area contributed by atoms with E-state index >= 15 is 0 Å². The van der Waals surface area contributed by atoms with E-state index in [1.165, 1.54) is 5.56 Å². The maximum Gasteiger partial charge on any atom is 0.139 e. The number of aromatic nitrogens is 2. The van der Waals surface area contributed by atoms with E-state index in [-0.39, 0.29) is 0 Å². The summed E-state index contributed by atoms with van der Waals surface area (Å²) in [5, 5.41) is 4.34. The molecule has 0 unspecified atom stereocenters. The van der Waals surface area contributed by atoms with E-state index in [1.807, 2.05) is 54.6 Å². The second-order valence-corrected chi connectivity index (χ2v) is 9.14. The molecule has 0 saturated heterocycles. The Balaban J connectivity index is 1.52. The smallest absolute Gasteiger partial charge is 0.139 e. The second kappa shape index (κ2) is 9.54. The van der Waals surface area contributed by atoms with Crippen molar-refractivity contribution in [2.24, 2.45) is 0 Å². The van der Waals surface area contributed by atoms with Crippen molar-refractivity contribution in [2.75, 3.05) is 5.32 Å². The first-order valence-electron chi connectivity index (χ1n) is 10.9. The molecule has 3 heterocycles. The van der Waals surface area contributed by atoms with Gasteiger partial charge in [0.25, 0.3) is 0 Å². The van der Waals surface area contributed by atoms with Crippen LogP contribution in [0.25, 0.3) is 16.2 Å². The molecule has 3 aromatic heterocycles. The molecule has 162 valence electrons. The van der Waals surface area contributed by atoms with E-state index in [4.69, 9.17) is 16.6 Å². The summed E-state index contributed by atoms with van der Waals surface area (Å²) >= 11 is 8.05. The van der Waals surface area contributed by atoms with E-state index < -0.39 is 0 Å². The van der Waals surface area contributed by atoms with Crippen LogP contribution in [0.4, 0.5) is 5.82 Å². The molecule has 0 radical (unpaired) electrons. The summed E-state index contributed by atoms with van der Waals surface area (Å²) in [5.74, 6) is 7.48. The number of benzene rings is 2. The molecule has 0 aliphatic heterocycles. The van der Waals surface area contributed by atoms with Gasteiger partial charge in [-0.05, 0) is 60.0 Å². The summed E-state index contributed by atoms with van der Waals surface area (Å²) in [6.45, 7) is 2.77. The van der Waals surface area contributed by atoms with Gasteiger partial charge in [-0.1, -0.05) is 66.8 Å². The Labute approximate surface area is 202 Å². The molecule has 3 nitrogen and oxygen atoms in total. The number of pyridine rings is 1. The predicted octanol–water partition coefficient (Wildman–Crippen LogP) is 7.29. The fourth-order valence-corrected chi connectivity index (χ4v) is 4.71. The van der Waals surface area contributed by atoms with Gasteiger partial charge in [0.05, 0.1) is 9.75 Å². The molecule has 5 heteroatoms. The van der Waals surface area contributed by atoms with E-state index in [1.54, 1.807) is 11.3 Å². The van der Waals surface area contributed by atoms with Gasteiger partial charge in [0.15, 0.2) is 0 Å². The summed E-state index contributed by atoms with van der Waals surface area (Å²) in [6.07, 6.45) is 3.06. The first-order chi connectivity index (χ1) is 16.2. The van der Waals surface area contributed by atoms with Gasteiger partial charge >= 0.3 is 0 Å². The molecule has 5 rings (SSSR count). The lowest BCUT2D eigenvalue weighted by molar-refractivity contribution is 1.06. The van der Waals surface area contributed by atoms with E-state index in [0.29, 0.717) is 6.54 Å². The van der Waals surface area contributed by atoms with Crippen LogP contribution >= 0.6 is 22.9 Å². The van der Waals surface area contributed by atoms with Gasteiger partial charge in [-0.25, -0.2) is 4.98 Å². The molecule has 33 heavy (non-hydrogen) atoms. The van der Waals surface area contributed by atoms with Crippen LogP contribution < -0.4 is 5.32 Å². The van der Waals surface area contributed by atoms with Crippen LogP contribution in [0, 0.1) is 11.8 Å². The summed E-state index contributed by atoms with van der Waals surface area (Å²) in [6, 6.07) is 26.4. The van der Waals surface area contributed by atoms with E-state index in [0.717, 1.165) is 49.5 Å². The number of nitrogens with one attached hydrogen (secondary N) is 1. The van der Waals surface area contributed by atoms with Gasteiger partial charge in [-0.3, -0.25) is 4.40 Å². The van der Waals surface area contributed by atoms with Crippen molar-refractivity contribution in [1.82, 2.24) is 9.38 Å². The molecule has 2 aromatic carbocycles. The summed E-state index contributed by atoms with van der Waals surface area (Å²) in [4.78, 5) is 7.08. The molecule has 0 bridgehead atoms. The maximum absolute atomic E-state index is 6.39. The number of aryl methyl sites for hydroxylation is 1. The molecule has 0 aliphatic carbocycles. The normalized spacial score (nSPS) is 10.7. The van der Waals surface area contributed by atoms with Crippen molar-refractivity contribution < 1.29 is 0 Å². The molecule has 1 N–H and O–H groups in total. The lowest BCUT2D eigenvalue weighted by Crippen LogP contribution is -2.03. The molecule has 0 atom stereocenters. The van der Waals surface area contributed by atoms with E-state index in [9.17, 15) is 0 Å². The van der Waals surface area contributed by atoms with Crippen LogP contribution in [-0.4, -0.2) is 9.38 Å². The highest BCUT2D eigenvalue weighted by Crippen LogP contribution is 2.34. The summed E-state index contributed by atoms with van der Waals surface area (Å²) in [7, 11) is 0. The number of nitrogens with zero attached hydrogens (tertiary/aromatic N) is 2. The van der Waals surface area contributed by atoms with Crippen LogP contribution in [-0.2, 0) is 13.0 Å². The van der Waals surface area contributed by atoms with Gasteiger partial charge in [-0.15, -0.1) is 11.3 Å². The number of thiophene rings is 1. The quantitative estimate of drug-likeness (QED) is 0.275. The SMILES string of the molecule is CCc1ccn2c(NCc3ccccc3Cl)c(-c3ccc(C#Cc4ccccc4)s3)nc2c1. The minimum Gasteiger partial charge on any atom is -0.365 e. The lowest BCUT2D eigenvalue weighted by atomic mass is 10.2. The van der Waals surface area contributed by atoms with Crippen molar-refractivity contribution in [2.45, 2.75) is 19.9 Å². The third-order valence-corrected chi connectivity index (χ3v) is 6.82. The van der Waals surface area contributed by atoms with Gasteiger partial charge < -0.3 is 5.32 Å². The monoisotopic (exact) mass is 467 g/mol. The molecule has 0 fully saturated rings. The minimum absolute atomic E-state index is 0.613. The van der Waals surface area contributed by atoms with Crippen LogP contribution in [0.1, 0.15) is 28.5 Å². The largest absolute Gasteiger partial charge is 0.365 e. The zero-order chi connectivity index (χ0) is 22.6. The van der Waals surface area contributed by atoms with Crippen LogP contribution in [0.2, 0.25) is 5.02 Å². The first kappa shape index (κ1) is 21.3. The third-order valence-electron chi connectivity index (χ3n) is 5.45. The minimum atomic E-state index is 0.613. The van der Waals surface area contributed by atoms with Crippen molar-refractivity contribution in [3.8, 4) is 22.4 Å². The molecule has 5 aromatic rings. The number of anilines is 1. The zero-order valence-electron chi connectivity index (χ0n) is 18.2. The number of hydrogen-bond donors (Lipinski definition) is 1. The standard InChI is InChI=1S/C28H22ClN3S/c1-2-20-16-17-32-26(18-20)31-27(28(32)30-19-22-10-6-7-11-24(22)29)25-15-14-23(33-25)13-12-21-8-4-3-5-9-21/h3-11,14-18,30H,2,19H2,1H3. The number of rotatable bonds is 5. The van der Waals surface area contributed by atoms with Gasteiger partial charge in [-0.2, -0.15) is 0 Å². The average molecular weight is 468 g/mol. The van der Waals surface area contributed by atoms with Gasteiger partial charge in [0, 0.05) is 23.3 Å². The Morgan fingerprint density at radius 2 is 1.79 bits per heavy atom. The summed E-state index contributed by atoms with van der Waals surface area (Å²) < 4.78 is 2.11. The Kier molecular flexibility index (Phi) is 6.17. The fraction of sp³-hybridized carbons (Fsp3) is 0.107. The fourth-order valence-electron chi connectivity index (χ4n) is 3.66. The molecule has 0 amide bonds. The number of fused-ring (bicyclic) bond motifs is 1. The molecular weight excluding hydrogens is 446 g/mol. The molecule has 0 spiro atoms. The number of hydrogen-bond acceptors (Lipinski definition) is 3. The Morgan fingerprint density at radius 3 is 2.61 bits per heavy atom. The maximum atomic E-state index is 6.39. The Hall–Kier alpha value is -3.52. The van der Waals surface area contributed by atoms with Crippen molar-refractivity contribution in [3.63, 3.8) is 0 Å². The van der Waals surface area contributed by atoms with Crippen LogP contribution in [0.5, 0.6) is 0 Å². The Bertz CT molecular complexity index is 1470. The van der Waals surface area contributed by atoms with Gasteiger partial charge in [0.1, 0.15) is 17.2 Å². The summed E-state index contributed by atoms with van der Waals surface area (Å²) in [5.41, 5.74) is 5.17. The predicted molar refractivity (Wildman–Crippen MR) is 139 cm³/mol. The van der Waals surface area contributed by atoms with Crippen LogP contribution in [0.3, 0.4) is 0 Å². The average Bonchev–Trinajstić information content (AvgIpc) is 3.47. The topological polar surface area (TPSA) is 29.3 Å². The molecular formula is C28H22ClN3S. The molecule has 0 aliphatic rings. The number of halogens is 1. The van der Waals surface area contributed by atoms with Gasteiger partial charge in [0.2, 0.25) is 0 Å². The zero-order valence-corrected chi connectivity index (χ0v) is 19.8. The van der Waals surface area contributed by atoms with Crippen molar-refractivity contribution in [3.05, 3.63) is 112 Å². The highest BCUT2D eigenvalue weighted by atomic mass is 35.5. The highest BCUT2D eigenvalue weighted by Gasteiger charge is 2.16. The van der Waals surface area contributed by atoms with Crippen molar-refractivity contribution in [1.29, 1.82) is 0 Å². The Morgan fingerprint density at radius 1 is 0.970 bits per heavy atom. The van der Waals surface area contributed by atoms with Crippen molar-refractivity contribution >= 4 is 34.4 Å². The first-order valence-corrected chi connectivity index (χ1v) is 12.1. The number of imidazole rings is 1. The highest BCUT2D eigenvalue weighted by molar-refractivity contribution is 7.16. The van der Waals surface area contributed by atoms with E-state index in [2.05, 4.69) is 58.9 Å². The molecule has 0 saturated carbocycles. The third kappa shape index (κ3) is 4.66.